The zero-order valence-corrected chi connectivity index (χ0v) is 10.3. The van der Waals surface area contributed by atoms with Gasteiger partial charge in [0.05, 0.1) is 0 Å². The molecule has 1 amide bonds. The maximum absolute atomic E-state index is 11.2. The fraction of sp³-hybridized carbons (Fsp3) is 0.286. The summed E-state index contributed by atoms with van der Waals surface area (Å²) >= 11 is 0. The van der Waals surface area contributed by atoms with Gasteiger partial charge in [0, 0.05) is 12.1 Å². The number of benzene rings is 1. The molecule has 0 atom stereocenters. The van der Waals surface area contributed by atoms with Crippen LogP contribution in [0.1, 0.15) is 12.0 Å². The van der Waals surface area contributed by atoms with Gasteiger partial charge in [-0.05, 0) is 30.2 Å². The Morgan fingerprint density at radius 1 is 1.42 bits per heavy atom. The van der Waals surface area contributed by atoms with Crippen LogP contribution >= 0.6 is 0 Å². The number of carbonyl (C=O) groups is 2. The van der Waals surface area contributed by atoms with Gasteiger partial charge in [0.25, 0.3) is 0 Å². The summed E-state index contributed by atoms with van der Waals surface area (Å²) in [7, 11) is 0. The van der Waals surface area contributed by atoms with Crippen molar-refractivity contribution in [1.29, 1.82) is 0 Å². The van der Waals surface area contributed by atoms with E-state index in [1.165, 1.54) is 0 Å². The molecule has 0 fully saturated rings. The Morgan fingerprint density at radius 2 is 2.26 bits per heavy atom. The number of aryl methyl sites for hydroxylation is 1. The Balaban J connectivity index is 1.94. The molecule has 0 unspecified atom stereocenters. The summed E-state index contributed by atoms with van der Waals surface area (Å²) in [4.78, 5) is 22.4. The maximum Gasteiger partial charge on any atom is 0.345 e. The van der Waals surface area contributed by atoms with E-state index in [0.29, 0.717) is 18.6 Å². The number of amides is 1. The smallest absolute Gasteiger partial charge is 0.345 e. The first-order valence-electron chi connectivity index (χ1n) is 5.83. The lowest BCUT2D eigenvalue weighted by Gasteiger charge is -2.17. The number of anilines is 1. The number of rotatable bonds is 4. The maximum atomic E-state index is 11.2. The minimum atomic E-state index is -0.510. The van der Waals surface area contributed by atoms with Crippen molar-refractivity contribution < 1.29 is 19.1 Å². The molecule has 5 heteroatoms. The number of ether oxygens (including phenoxy) is 2. The predicted molar refractivity (Wildman–Crippen MR) is 68.7 cm³/mol. The van der Waals surface area contributed by atoms with Gasteiger partial charge in [-0.3, -0.25) is 4.79 Å². The van der Waals surface area contributed by atoms with Crippen LogP contribution in [0.15, 0.2) is 18.2 Å². The Labute approximate surface area is 110 Å². The van der Waals surface area contributed by atoms with Gasteiger partial charge in [-0.1, -0.05) is 5.92 Å². The molecule has 1 aliphatic heterocycles. The summed E-state index contributed by atoms with van der Waals surface area (Å²) in [6, 6.07) is 5.26. The van der Waals surface area contributed by atoms with Crippen LogP contribution in [0.3, 0.4) is 0 Å². The number of nitrogens with one attached hydrogen (secondary N) is 1. The van der Waals surface area contributed by atoms with E-state index in [9.17, 15) is 9.59 Å². The molecule has 1 aliphatic rings. The topological polar surface area (TPSA) is 64.6 Å². The van der Waals surface area contributed by atoms with Crippen molar-refractivity contribution in [3.8, 4) is 18.1 Å². The first kappa shape index (κ1) is 13.0. The summed E-state index contributed by atoms with van der Waals surface area (Å²) in [5.74, 6) is 2.27. The fourth-order valence-corrected chi connectivity index (χ4v) is 1.76. The molecule has 0 saturated carbocycles. The van der Waals surface area contributed by atoms with Crippen LogP contribution in [0.5, 0.6) is 5.75 Å². The van der Waals surface area contributed by atoms with Crippen LogP contribution in [0, 0.1) is 12.3 Å². The minimum Gasteiger partial charge on any atom is -0.482 e. The first-order valence-corrected chi connectivity index (χ1v) is 5.83. The van der Waals surface area contributed by atoms with Crippen molar-refractivity contribution in [2.24, 2.45) is 0 Å². The Bertz CT molecular complexity index is 545. The van der Waals surface area contributed by atoms with E-state index in [2.05, 4.69) is 16.0 Å². The molecule has 98 valence electrons. The molecule has 0 aliphatic carbocycles. The Hall–Kier alpha value is -2.48. The third kappa shape index (κ3) is 3.49. The highest BCUT2D eigenvalue weighted by atomic mass is 16.6. The van der Waals surface area contributed by atoms with Crippen molar-refractivity contribution in [1.82, 2.24) is 0 Å². The van der Waals surface area contributed by atoms with E-state index < -0.39 is 5.97 Å². The molecule has 1 aromatic rings. The van der Waals surface area contributed by atoms with Crippen molar-refractivity contribution in [3.05, 3.63) is 23.8 Å². The van der Waals surface area contributed by atoms with Crippen LogP contribution in [-0.2, 0) is 20.7 Å². The third-order valence-corrected chi connectivity index (χ3v) is 2.65. The highest BCUT2D eigenvalue weighted by Gasteiger charge is 2.15. The normalized spacial score (nSPS) is 12.9. The van der Waals surface area contributed by atoms with Crippen molar-refractivity contribution >= 4 is 17.6 Å². The van der Waals surface area contributed by atoms with E-state index in [4.69, 9.17) is 11.2 Å². The molecule has 5 nitrogen and oxygen atoms in total. The molecule has 1 aromatic carbocycles. The highest BCUT2D eigenvalue weighted by Crippen LogP contribution is 2.26. The predicted octanol–water partition coefficient (Wildman–Crippen LogP) is 1.13. The number of hydrogen-bond donors (Lipinski definition) is 1. The van der Waals surface area contributed by atoms with Gasteiger partial charge in [0.15, 0.2) is 13.2 Å². The largest absolute Gasteiger partial charge is 0.482 e. The van der Waals surface area contributed by atoms with Gasteiger partial charge in [0.2, 0.25) is 5.91 Å². The number of terminal acetylenes is 1. The Morgan fingerprint density at radius 3 is 3.05 bits per heavy atom. The lowest BCUT2D eigenvalue weighted by molar-refractivity contribution is -0.144. The zero-order valence-electron chi connectivity index (χ0n) is 10.3. The van der Waals surface area contributed by atoms with Crippen LogP contribution < -0.4 is 10.1 Å². The monoisotopic (exact) mass is 259 g/mol. The van der Waals surface area contributed by atoms with Gasteiger partial charge in [-0.15, -0.1) is 6.42 Å². The van der Waals surface area contributed by atoms with E-state index in [-0.39, 0.29) is 19.1 Å². The van der Waals surface area contributed by atoms with Crippen LogP contribution in [0.25, 0.3) is 0 Å². The average Bonchev–Trinajstić information content (AvgIpc) is 2.42. The fourth-order valence-electron chi connectivity index (χ4n) is 1.76. The number of carbonyl (C=O) groups excluding carboxylic acids is 2. The summed E-state index contributed by atoms with van der Waals surface area (Å²) in [5.41, 5.74) is 1.78. The SMILES string of the molecule is C#CCOC(=O)COc1ccc2c(c1)CCC(=O)N2. The van der Waals surface area contributed by atoms with Crippen molar-refractivity contribution in [2.45, 2.75) is 12.8 Å². The average molecular weight is 259 g/mol. The number of hydrogen-bond acceptors (Lipinski definition) is 4. The van der Waals surface area contributed by atoms with E-state index >= 15 is 0 Å². The molecular formula is C14H13NO4. The molecule has 0 aromatic heterocycles. The van der Waals surface area contributed by atoms with Gasteiger partial charge in [-0.2, -0.15) is 0 Å². The van der Waals surface area contributed by atoms with Crippen LogP contribution in [-0.4, -0.2) is 25.1 Å². The van der Waals surface area contributed by atoms with Gasteiger partial charge in [-0.25, -0.2) is 4.79 Å². The molecule has 0 spiro atoms. The molecule has 2 rings (SSSR count). The summed E-state index contributed by atoms with van der Waals surface area (Å²) in [6.07, 6.45) is 6.09. The van der Waals surface area contributed by atoms with Gasteiger partial charge >= 0.3 is 5.97 Å². The van der Waals surface area contributed by atoms with Crippen molar-refractivity contribution in [3.63, 3.8) is 0 Å². The summed E-state index contributed by atoms with van der Waals surface area (Å²) in [6.45, 7) is -0.245. The van der Waals surface area contributed by atoms with Gasteiger partial charge in [0.1, 0.15) is 5.75 Å². The van der Waals surface area contributed by atoms with Crippen LogP contribution in [0.4, 0.5) is 5.69 Å². The molecule has 0 radical (unpaired) electrons. The highest BCUT2D eigenvalue weighted by molar-refractivity contribution is 5.94. The van der Waals surface area contributed by atoms with Crippen LogP contribution in [0.2, 0.25) is 0 Å². The second-order valence-electron chi connectivity index (χ2n) is 4.02. The standard InChI is InChI=1S/C14H13NO4/c1-2-7-18-14(17)9-19-11-4-5-12-10(8-11)3-6-13(16)15-12/h1,4-5,8H,3,6-7,9H2,(H,15,16). The first-order chi connectivity index (χ1) is 9.19. The van der Waals surface area contributed by atoms with E-state index in [1.54, 1.807) is 12.1 Å². The minimum absolute atomic E-state index is 0.0130. The lowest BCUT2D eigenvalue weighted by atomic mass is 10.0. The molecular weight excluding hydrogens is 246 g/mol. The summed E-state index contributed by atoms with van der Waals surface area (Å²) in [5, 5.41) is 2.77. The third-order valence-electron chi connectivity index (χ3n) is 2.65. The number of esters is 1. The molecule has 0 saturated heterocycles. The van der Waals surface area contributed by atoms with Gasteiger partial charge < -0.3 is 14.8 Å². The molecule has 1 N–H and O–H groups in total. The summed E-state index contributed by atoms with van der Waals surface area (Å²) < 4.78 is 9.98. The molecule has 19 heavy (non-hydrogen) atoms. The Kier molecular flexibility index (Phi) is 4.04. The zero-order chi connectivity index (χ0) is 13.7. The lowest BCUT2D eigenvalue weighted by Crippen LogP contribution is -2.19. The molecule has 0 bridgehead atoms. The second kappa shape index (κ2) is 5.91. The molecule has 1 heterocycles. The van der Waals surface area contributed by atoms with E-state index in [0.717, 1.165) is 11.3 Å². The quantitative estimate of drug-likeness (QED) is 0.650. The van der Waals surface area contributed by atoms with E-state index in [1.807, 2.05) is 6.07 Å². The number of fused-ring (bicyclic) bond motifs is 1. The van der Waals surface area contributed by atoms with Crippen molar-refractivity contribution in [2.75, 3.05) is 18.5 Å². The second-order valence-corrected chi connectivity index (χ2v) is 4.02.